The minimum atomic E-state index is -0.558. The lowest BCUT2D eigenvalue weighted by molar-refractivity contribution is -0.129. The zero-order valence-electron chi connectivity index (χ0n) is 17.8. The third-order valence-electron chi connectivity index (χ3n) is 4.72. The van der Waals surface area contributed by atoms with E-state index in [1.807, 2.05) is 37.3 Å². The van der Waals surface area contributed by atoms with Crippen LogP contribution in [-0.4, -0.2) is 18.5 Å². The van der Waals surface area contributed by atoms with Crippen molar-refractivity contribution >= 4 is 75.3 Å². The van der Waals surface area contributed by atoms with Gasteiger partial charge in [-0.3, -0.25) is 0 Å². The van der Waals surface area contributed by atoms with E-state index in [1.54, 1.807) is 30.3 Å². The third kappa shape index (κ3) is 5.86. The van der Waals surface area contributed by atoms with E-state index >= 15 is 0 Å². The molecule has 3 aromatic rings. The van der Waals surface area contributed by atoms with Crippen LogP contribution in [0.15, 0.2) is 65.3 Å². The van der Waals surface area contributed by atoms with E-state index in [9.17, 15) is 4.79 Å². The van der Waals surface area contributed by atoms with Gasteiger partial charge in [-0.1, -0.05) is 46.9 Å². The molecule has 34 heavy (non-hydrogen) atoms. The van der Waals surface area contributed by atoms with E-state index in [0.717, 1.165) is 14.7 Å². The average molecular weight is 629 g/mol. The van der Waals surface area contributed by atoms with Gasteiger partial charge in [0.25, 0.3) is 0 Å². The van der Waals surface area contributed by atoms with Crippen LogP contribution < -0.4 is 9.47 Å². The van der Waals surface area contributed by atoms with Crippen LogP contribution in [0.25, 0.3) is 6.08 Å². The highest BCUT2D eigenvalue weighted by Crippen LogP contribution is 2.36. The lowest BCUT2D eigenvalue weighted by Crippen LogP contribution is -2.05. The van der Waals surface area contributed by atoms with Crippen LogP contribution in [0.1, 0.15) is 23.6 Å². The molecule has 0 N–H and O–H groups in total. The second-order valence-electron chi connectivity index (χ2n) is 7.14. The molecular formula is C25H17Cl3INO4. The molecule has 1 heterocycles. The highest BCUT2D eigenvalue weighted by Gasteiger charge is 2.25. The Kier molecular flexibility index (Phi) is 8.03. The fourth-order valence-electron chi connectivity index (χ4n) is 3.13. The number of hydrogen-bond acceptors (Lipinski definition) is 5. The topological polar surface area (TPSA) is 57.1 Å². The smallest absolute Gasteiger partial charge is 0.363 e. The summed E-state index contributed by atoms with van der Waals surface area (Å²) in [6.07, 6.45) is 1.64. The van der Waals surface area contributed by atoms with Crippen molar-refractivity contribution in [3.8, 4) is 11.5 Å². The van der Waals surface area contributed by atoms with Gasteiger partial charge < -0.3 is 14.2 Å². The van der Waals surface area contributed by atoms with Gasteiger partial charge in [0.2, 0.25) is 5.90 Å². The van der Waals surface area contributed by atoms with Crippen molar-refractivity contribution in [2.24, 2.45) is 4.99 Å². The number of halogens is 4. The number of nitrogens with zero attached hydrogens (tertiary/aromatic N) is 1. The van der Waals surface area contributed by atoms with Crippen molar-refractivity contribution < 1.29 is 19.0 Å². The van der Waals surface area contributed by atoms with E-state index in [0.29, 0.717) is 45.3 Å². The first-order chi connectivity index (χ1) is 16.3. The van der Waals surface area contributed by atoms with Crippen molar-refractivity contribution in [1.29, 1.82) is 0 Å². The predicted octanol–water partition coefficient (Wildman–Crippen LogP) is 7.57. The summed E-state index contributed by atoms with van der Waals surface area (Å²) in [6, 6.07) is 16.0. The van der Waals surface area contributed by atoms with Gasteiger partial charge in [0, 0.05) is 10.6 Å². The van der Waals surface area contributed by atoms with Gasteiger partial charge in [0.15, 0.2) is 17.2 Å². The van der Waals surface area contributed by atoms with Crippen molar-refractivity contribution in [3.63, 3.8) is 0 Å². The molecular weight excluding hydrogens is 612 g/mol. The van der Waals surface area contributed by atoms with Crippen LogP contribution in [0, 0.1) is 3.57 Å². The maximum Gasteiger partial charge on any atom is 0.363 e. The number of hydrogen-bond donors (Lipinski definition) is 0. The number of esters is 1. The summed E-state index contributed by atoms with van der Waals surface area (Å²) < 4.78 is 18.0. The molecule has 5 nitrogen and oxygen atoms in total. The van der Waals surface area contributed by atoms with Crippen LogP contribution in [0.2, 0.25) is 15.1 Å². The number of carbonyl (C=O) groups excluding carboxylic acids is 1. The van der Waals surface area contributed by atoms with Gasteiger partial charge in [-0.05, 0) is 89.2 Å². The summed E-state index contributed by atoms with van der Waals surface area (Å²) in [5, 5.41) is 1.42. The highest BCUT2D eigenvalue weighted by molar-refractivity contribution is 14.1. The van der Waals surface area contributed by atoms with Crippen molar-refractivity contribution in [3.05, 3.63) is 95.6 Å². The van der Waals surface area contributed by atoms with Gasteiger partial charge in [-0.2, -0.15) is 0 Å². The van der Waals surface area contributed by atoms with Crippen LogP contribution in [0.3, 0.4) is 0 Å². The summed E-state index contributed by atoms with van der Waals surface area (Å²) in [7, 11) is 0. The molecule has 4 rings (SSSR count). The Labute approximate surface area is 225 Å². The quantitative estimate of drug-likeness (QED) is 0.154. The number of benzene rings is 3. The summed E-state index contributed by atoms with van der Waals surface area (Å²) in [5.74, 6) is 0.790. The molecule has 0 spiro atoms. The zero-order valence-corrected chi connectivity index (χ0v) is 22.2. The summed E-state index contributed by atoms with van der Waals surface area (Å²) >= 11 is 20.2. The number of cyclic esters (lactones) is 1. The number of aliphatic imine (C=N–C) groups is 1. The fourth-order valence-corrected chi connectivity index (χ4v) is 4.34. The predicted molar refractivity (Wildman–Crippen MR) is 143 cm³/mol. The minimum Gasteiger partial charge on any atom is -0.490 e. The zero-order chi connectivity index (χ0) is 24.2. The van der Waals surface area contributed by atoms with E-state index in [-0.39, 0.29) is 11.6 Å². The Morgan fingerprint density at radius 2 is 1.76 bits per heavy atom. The van der Waals surface area contributed by atoms with E-state index < -0.39 is 5.97 Å². The molecule has 0 bridgehead atoms. The Morgan fingerprint density at radius 3 is 2.47 bits per heavy atom. The van der Waals surface area contributed by atoms with E-state index in [4.69, 9.17) is 49.0 Å². The molecule has 0 saturated heterocycles. The molecule has 1 aliphatic heterocycles. The van der Waals surface area contributed by atoms with Crippen LogP contribution in [0.4, 0.5) is 0 Å². The number of carbonyl (C=O) groups is 1. The molecule has 1 aliphatic rings. The molecule has 0 saturated carbocycles. The first-order valence-corrected chi connectivity index (χ1v) is 12.4. The molecule has 3 aromatic carbocycles. The average Bonchev–Trinajstić information content (AvgIpc) is 3.16. The van der Waals surface area contributed by atoms with Gasteiger partial charge in [0.1, 0.15) is 6.61 Å². The van der Waals surface area contributed by atoms with Crippen LogP contribution in [-0.2, 0) is 16.1 Å². The molecule has 0 atom stereocenters. The lowest BCUT2D eigenvalue weighted by atomic mass is 10.1. The second-order valence-corrected chi connectivity index (χ2v) is 9.56. The number of rotatable bonds is 7. The maximum atomic E-state index is 12.4. The minimum absolute atomic E-state index is 0.161. The fraction of sp³-hybridized carbons (Fsp3) is 0.120. The molecule has 9 heteroatoms. The van der Waals surface area contributed by atoms with Crippen LogP contribution >= 0.6 is 57.4 Å². The lowest BCUT2D eigenvalue weighted by Gasteiger charge is -2.15. The first kappa shape index (κ1) is 24.9. The molecule has 0 unspecified atom stereocenters. The largest absolute Gasteiger partial charge is 0.490 e. The van der Waals surface area contributed by atoms with Gasteiger partial charge in [-0.25, -0.2) is 9.79 Å². The van der Waals surface area contributed by atoms with Gasteiger partial charge in [-0.15, -0.1) is 0 Å². The molecule has 0 aliphatic carbocycles. The number of ether oxygens (including phenoxy) is 3. The molecule has 0 amide bonds. The van der Waals surface area contributed by atoms with Crippen LogP contribution in [0.5, 0.6) is 11.5 Å². The maximum absolute atomic E-state index is 12.4. The molecule has 0 radical (unpaired) electrons. The van der Waals surface area contributed by atoms with Gasteiger partial charge >= 0.3 is 5.97 Å². The Balaban J connectivity index is 1.61. The first-order valence-electron chi connectivity index (χ1n) is 10.2. The third-order valence-corrected chi connectivity index (χ3v) is 6.51. The Hall–Kier alpha value is -2.26. The Bertz CT molecular complexity index is 1310. The van der Waals surface area contributed by atoms with E-state index in [1.165, 1.54) is 0 Å². The van der Waals surface area contributed by atoms with Crippen molar-refractivity contribution in [2.45, 2.75) is 13.5 Å². The standard InChI is InChI=1S/C25H17Cl3INO4/c1-2-32-22-11-15(9-20(29)23(22)33-13-14-3-6-17(26)7-4-14)10-21-25(31)34-24(30-21)16-5-8-18(27)19(28)12-16/h3-12H,2,13H2,1H3/b21-10-. The summed E-state index contributed by atoms with van der Waals surface area (Å²) in [5.41, 5.74) is 2.42. The summed E-state index contributed by atoms with van der Waals surface area (Å²) in [6.45, 7) is 2.70. The van der Waals surface area contributed by atoms with Crippen molar-refractivity contribution in [2.75, 3.05) is 6.61 Å². The van der Waals surface area contributed by atoms with Crippen molar-refractivity contribution in [1.82, 2.24) is 0 Å². The van der Waals surface area contributed by atoms with Gasteiger partial charge in [0.05, 0.1) is 20.2 Å². The Morgan fingerprint density at radius 1 is 1.00 bits per heavy atom. The molecule has 0 aromatic heterocycles. The normalized spacial score (nSPS) is 14.2. The molecule has 0 fully saturated rings. The second kappa shape index (κ2) is 11.0. The highest BCUT2D eigenvalue weighted by atomic mass is 127. The monoisotopic (exact) mass is 627 g/mol. The summed E-state index contributed by atoms with van der Waals surface area (Å²) in [4.78, 5) is 16.8. The van der Waals surface area contributed by atoms with E-state index in [2.05, 4.69) is 27.6 Å². The molecule has 174 valence electrons. The SMILES string of the molecule is CCOc1cc(/C=C2\N=C(c3ccc(Cl)c(Cl)c3)OC2=O)cc(I)c1OCc1ccc(Cl)cc1.